The second kappa shape index (κ2) is 6.58. The van der Waals surface area contributed by atoms with Gasteiger partial charge in [0.2, 0.25) is 5.28 Å². The fraction of sp³-hybridized carbons (Fsp3) is 0.300. The largest absolute Gasteiger partial charge is 0.288 e. The standard InChI is InChI=1S/C10H11ClN2OS/c1-8(14)15-5-3-2-4-9-6-12-10(11)13-7-9/h2,4,6-7H,3,5H2,1H3. The zero-order chi connectivity index (χ0) is 11.1. The molecule has 1 aromatic rings. The number of aromatic nitrogens is 2. The smallest absolute Gasteiger partial charge is 0.222 e. The molecule has 0 bridgehead atoms. The lowest BCUT2D eigenvalue weighted by Crippen LogP contribution is -1.84. The van der Waals surface area contributed by atoms with Crippen LogP contribution in [-0.2, 0) is 4.79 Å². The molecule has 0 atom stereocenters. The minimum atomic E-state index is 0.151. The Morgan fingerprint density at radius 1 is 1.53 bits per heavy atom. The number of carbonyl (C=O) groups excluding carboxylic acids is 1. The summed E-state index contributed by atoms with van der Waals surface area (Å²) in [5.41, 5.74) is 0.909. The van der Waals surface area contributed by atoms with Crippen molar-refractivity contribution in [2.75, 3.05) is 5.75 Å². The van der Waals surface area contributed by atoms with Crippen molar-refractivity contribution in [1.29, 1.82) is 0 Å². The molecule has 0 saturated heterocycles. The van der Waals surface area contributed by atoms with Gasteiger partial charge in [-0.15, -0.1) is 0 Å². The second-order valence-corrected chi connectivity index (χ2v) is 4.43. The highest BCUT2D eigenvalue weighted by molar-refractivity contribution is 8.13. The van der Waals surface area contributed by atoms with Gasteiger partial charge >= 0.3 is 0 Å². The summed E-state index contributed by atoms with van der Waals surface area (Å²) in [6.45, 7) is 1.57. The van der Waals surface area contributed by atoms with Crippen LogP contribution in [-0.4, -0.2) is 20.8 Å². The number of hydrogen-bond donors (Lipinski definition) is 0. The van der Waals surface area contributed by atoms with Crippen LogP contribution in [0.25, 0.3) is 6.08 Å². The molecule has 0 saturated carbocycles. The number of carbonyl (C=O) groups is 1. The molecule has 0 radical (unpaired) electrons. The molecule has 1 rings (SSSR count). The van der Waals surface area contributed by atoms with E-state index in [1.165, 1.54) is 11.8 Å². The average Bonchev–Trinajstić information content (AvgIpc) is 2.20. The Morgan fingerprint density at radius 3 is 2.80 bits per heavy atom. The van der Waals surface area contributed by atoms with E-state index in [9.17, 15) is 4.79 Å². The zero-order valence-electron chi connectivity index (χ0n) is 8.31. The van der Waals surface area contributed by atoms with Crippen LogP contribution in [0, 0.1) is 0 Å². The molecule has 0 aliphatic rings. The number of nitrogens with zero attached hydrogens (tertiary/aromatic N) is 2. The zero-order valence-corrected chi connectivity index (χ0v) is 9.88. The molecule has 0 spiro atoms. The van der Waals surface area contributed by atoms with Gasteiger partial charge in [-0.2, -0.15) is 0 Å². The number of hydrogen-bond acceptors (Lipinski definition) is 4. The Kier molecular flexibility index (Phi) is 5.36. The molecule has 3 nitrogen and oxygen atoms in total. The van der Waals surface area contributed by atoms with Crippen LogP contribution in [0.2, 0.25) is 5.28 Å². The van der Waals surface area contributed by atoms with Gasteiger partial charge in [0.25, 0.3) is 0 Å². The quantitative estimate of drug-likeness (QED) is 0.602. The first kappa shape index (κ1) is 12.2. The van der Waals surface area contributed by atoms with Crippen LogP contribution >= 0.6 is 23.4 Å². The molecule has 0 aromatic carbocycles. The molecule has 0 aliphatic heterocycles. The highest BCUT2D eigenvalue weighted by atomic mass is 35.5. The topological polar surface area (TPSA) is 42.9 Å². The van der Waals surface area contributed by atoms with Crippen molar-refractivity contribution < 1.29 is 4.79 Å². The van der Waals surface area contributed by atoms with Gasteiger partial charge < -0.3 is 0 Å². The van der Waals surface area contributed by atoms with Crippen molar-refractivity contribution >= 4 is 34.6 Å². The first-order chi connectivity index (χ1) is 7.18. The summed E-state index contributed by atoms with van der Waals surface area (Å²) in [6, 6.07) is 0. The van der Waals surface area contributed by atoms with Gasteiger partial charge in [0.15, 0.2) is 5.12 Å². The molecule has 1 aromatic heterocycles. The Labute approximate surface area is 98.0 Å². The molecule has 80 valence electrons. The maximum Gasteiger partial charge on any atom is 0.222 e. The Balaban J connectivity index is 2.32. The van der Waals surface area contributed by atoms with E-state index < -0.39 is 0 Å². The van der Waals surface area contributed by atoms with Gasteiger partial charge in [0, 0.05) is 30.6 Å². The van der Waals surface area contributed by atoms with E-state index in [4.69, 9.17) is 11.6 Å². The summed E-state index contributed by atoms with van der Waals surface area (Å²) in [6.07, 6.45) is 8.07. The molecule has 0 N–H and O–H groups in total. The third-order valence-corrected chi connectivity index (χ3v) is 2.58. The van der Waals surface area contributed by atoms with E-state index in [2.05, 4.69) is 9.97 Å². The van der Waals surface area contributed by atoms with Gasteiger partial charge in [-0.3, -0.25) is 4.79 Å². The summed E-state index contributed by atoms with van der Waals surface area (Å²) < 4.78 is 0. The Morgan fingerprint density at radius 2 is 2.20 bits per heavy atom. The summed E-state index contributed by atoms with van der Waals surface area (Å²) >= 11 is 6.87. The number of rotatable bonds is 4. The molecule has 0 aliphatic carbocycles. The lowest BCUT2D eigenvalue weighted by molar-refractivity contribution is -0.109. The van der Waals surface area contributed by atoms with Crippen molar-refractivity contribution in [2.24, 2.45) is 0 Å². The SMILES string of the molecule is CC(=O)SCCC=Cc1cnc(Cl)nc1. The van der Waals surface area contributed by atoms with E-state index in [1.54, 1.807) is 19.3 Å². The Hall–Kier alpha value is -0.870. The normalized spacial score (nSPS) is 10.8. The highest BCUT2D eigenvalue weighted by Crippen LogP contribution is 2.06. The van der Waals surface area contributed by atoms with Crippen LogP contribution in [0.3, 0.4) is 0 Å². The Bertz CT molecular complexity index is 351. The van der Waals surface area contributed by atoms with Crippen molar-refractivity contribution in [3.63, 3.8) is 0 Å². The van der Waals surface area contributed by atoms with Gasteiger partial charge in [-0.1, -0.05) is 23.9 Å². The van der Waals surface area contributed by atoms with Gasteiger partial charge in [0.05, 0.1) is 0 Å². The molecule has 0 unspecified atom stereocenters. The summed E-state index contributed by atoms with van der Waals surface area (Å²) in [5.74, 6) is 0.806. The predicted molar refractivity (Wildman–Crippen MR) is 63.8 cm³/mol. The lowest BCUT2D eigenvalue weighted by Gasteiger charge is -1.93. The fourth-order valence-corrected chi connectivity index (χ4v) is 1.54. The second-order valence-electron chi connectivity index (χ2n) is 2.82. The molecular weight excluding hydrogens is 232 g/mol. The summed E-state index contributed by atoms with van der Waals surface area (Å²) in [7, 11) is 0. The van der Waals surface area contributed by atoms with Crippen molar-refractivity contribution in [2.45, 2.75) is 13.3 Å². The van der Waals surface area contributed by atoms with Crippen molar-refractivity contribution in [3.8, 4) is 0 Å². The van der Waals surface area contributed by atoms with E-state index >= 15 is 0 Å². The maximum atomic E-state index is 10.6. The minimum Gasteiger partial charge on any atom is -0.288 e. The molecule has 5 heteroatoms. The number of thioether (sulfide) groups is 1. The fourth-order valence-electron chi connectivity index (χ4n) is 0.898. The van der Waals surface area contributed by atoms with E-state index in [0.717, 1.165) is 17.7 Å². The average molecular weight is 243 g/mol. The first-order valence-corrected chi connectivity index (χ1v) is 5.82. The van der Waals surface area contributed by atoms with Crippen LogP contribution < -0.4 is 0 Å². The van der Waals surface area contributed by atoms with E-state index in [-0.39, 0.29) is 10.4 Å². The minimum absolute atomic E-state index is 0.151. The molecule has 0 amide bonds. The number of allylic oxidation sites excluding steroid dienone is 1. The molecule has 15 heavy (non-hydrogen) atoms. The third-order valence-electron chi connectivity index (χ3n) is 1.54. The van der Waals surface area contributed by atoms with Gasteiger partial charge in [-0.05, 0) is 18.0 Å². The third kappa shape index (κ3) is 5.54. The van der Waals surface area contributed by atoms with Gasteiger partial charge in [0.1, 0.15) is 0 Å². The molecular formula is C10H11ClN2OS. The predicted octanol–water partition coefficient (Wildman–Crippen LogP) is 2.81. The monoisotopic (exact) mass is 242 g/mol. The summed E-state index contributed by atoms with van der Waals surface area (Å²) in [5, 5.41) is 0.400. The molecule has 0 fully saturated rings. The summed E-state index contributed by atoms with van der Waals surface area (Å²) in [4.78, 5) is 18.3. The van der Waals surface area contributed by atoms with E-state index in [0.29, 0.717) is 0 Å². The van der Waals surface area contributed by atoms with E-state index in [1.807, 2.05) is 12.2 Å². The molecule has 1 heterocycles. The van der Waals surface area contributed by atoms with Crippen molar-refractivity contribution in [1.82, 2.24) is 9.97 Å². The van der Waals surface area contributed by atoms with Crippen LogP contribution in [0.1, 0.15) is 18.9 Å². The van der Waals surface area contributed by atoms with Gasteiger partial charge in [-0.25, -0.2) is 9.97 Å². The van der Waals surface area contributed by atoms with Crippen LogP contribution in [0.4, 0.5) is 0 Å². The number of halogens is 1. The van der Waals surface area contributed by atoms with Crippen LogP contribution in [0.15, 0.2) is 18.5 Å². The maximum absolute atomic E-state index is 10.6. The lowest BCUT2D eigenvalue weighted by atomic mass is 10.3. The van der Waals surface area contributed by atoms with Crippen LogP contribution in [0.5, 0.6) is 0 Å². The first-order valence-electron chi connectivity index (χ1n) is 4.46. The highest BCUT2D eigenvalue weighted by Gasteiger charge is 1.92. The van der Waals surface area contributed by atoms with Crippen molar-refractivity contribution in [3.05, 3.63) is 29.3 Å².